The lowest BCUT2D eigenvalue weighted by Crippen LogP contribution is -2.11. The molecular weight excluding hydrogens is 404 g/mol. The van der Waals surface area contributed by atoms with Crippen molar-refractivity contribution in [2.75, 3.05) is 17.6 Å². The van der Waals surface area contributed by atoms with Crippen molar-refractivity contribution in [3.05, 3.63) is 59.5 Å². The molecule has 6 nitrogen and oxygen atoms in total. The van der Waals surface area contributed by atoms with Gasteiger partial charge < -0.3 is 4.31 Å². The summed E-state index contributed by atoms with van der Waals surface area (Å²) < 4.78 is 4.15. The van der Waals surface area contributed by atoms with Crippen LogP contribution in [-0.4, -0.2) is 38.3 Å². The van der Waals surface area contributed by atoms with E-state index in [0.29, 0.717) is 0 Å². The summed E-state index contributed by atoms with van der Waals surface area (Å²) in [5.74, 6) is 0. The lowest BCUT2D eigenvalue weighted by atomic mass is 9.90. The molecule has 160 valence electrons. The topological polar surface area (TPSA) is 62.6 Å². The van der Waals surface area contributed by atoms with Gasteiger partial charge >= 0.3 is 0 Å². The van der Waals surface area contributed by atoms with Crippen LogP contribution in [0, 0.1) is 5.41 Å². The van der Waals surface area contributed by atoms with Crippen molar-refractivity contribution in [3.8, 4) is 11.3 Å². The maximum Gasteiger partial charge on any atom is 0.181 e. The third kappa shape index (κ3) is 3.61. The molecule has 4 aromatic rings. The third-order valence-electron chi connectivity index (χ3n) is 6.32. The second kappa shape index (κ2) is 7.41. The molecule has 0 radical (unpaired) electrons. The molecule has 31 heavy (non-hydrogen) atoms. The van der Waals surface area contributed by atoms with E-state index in [1.54, 1.807) is 11.9 Å². The van der Waals surface area contributed by atoms with Crippen molar-refractivity contribution in [3.63, 3.8) is 0 Å². The Kier molecular flexibility index (Phi) is 4.81. The van der Waals surface area contributed by atoms with Crippen molar-refractivity contribution in [1.29, 1.82) is 0 Å². The van der Waals surface area contributed by atoms with E-state index in [2.05, 4.69) is 90.1 Å². The van der Waals surface area contributed by atoms with E-state index in [1.165, 1.54) is 22.5 Å². The molecule has 3 heterocycles. The summed E-state index contributed by atoms with van der Waals surface area (Å²) in [7, 11) is 2.07. The highest BCUT2D eigenvalue weighted by atomic mass is 32.2. The van der Waals surface area contributed by atoms with Crippen LogP contribution in [0.2, 0.25) is 0 Å². The third-order valence-corrected chi connectivity index (χ3v) is 7.08. The summed E-state index contributed by atoms with van der Waals surface area (Å²) in [6.45, 7) is 6.79. The predicted molar refractivity (Wildman–Crippen MR) is 128 cm³/mol. The maximum absolute atomic E-state index is 4.74. The fourth-order valence-corrected chi connectivity index (χ4v) is 4.81. The van der Waals surface area contributed by atoms with E-state index in [0.717, 1.165) is 35.1 Å². The molecule has 1 N–H and O–H groups in total. The molecule has 0 amide bonds. The van der Waals surface area contributed by atoms with Crippen LogP contribution in [-0.2, 0) is 12.8 Å². The van der Waals surface area contributed by atoms with Gasteiger partial charge in [-0.05, 0) is 48.9 Å². The van der Waals surface area contributed by atoms with Crippen LogP contribution >= 0.6 is 11.9 Å². The number of hydrogen-bond acceptors (Lipinski definition) is 5. The Morgan fingerprint density at radius 3 is 2.71 bits per heavy atom. The lowest BCUT2D eigenvalue weighted by Gasteiger charge is -2.17. The van der Waals surface area contributed by atoms with E-state index >= 15 is 0 Å². The molecule has 1 atom stereocenters. The van der Waals surface area contributed by atoms with Crippen molar-refractivity contribution >= 4 is 28.7 Å². The molecule has 0 spiro atoms. The molecule has 1 aliphatic carbocycles. The first-order chi connectivity index (χ1) is 14.8. The Balaban J connectivity index is 1.44. The Hall–Kier alpha value is -2.80. The normalized spacial score (nSPS) is 15.9. The minimum atomic E-state index is 0.127. The van der Waals surface area contributed by atoms with Gasteiger partial charge in [0, 0.05) is 53.6 Å². The predicted octanol–water partition coefficient (Wildman–Crippen LogP) is 5.27. The zero-order valence-corrected chi connectivity index (χ0v) is 19.5. The number of fused-ring (bicyclic) bond motifs is 2. The van der Waals surface area contributed by atoms with Crippen LogP contribution in [0.5, 0.6) is 0 Å². The summed E-state index contributed by atoms with van der Waals surface area (Å²) in [5, 5.41) is 13.6. The maximum atomic E-state index is 4.74. The molecule has 1 aromatic carbocycles. The number of nitrogens with one attached hydrogen (secondary N) is 1. The molecule has 3 aromatic heterocycles. The van der Waals surface area contributed by atoms with Gasteiger partial charge in [0.2, 0.25) is 0 Å². The lowest BCUT2D eigenvalue weighted by molar-refractivity contribution is 0.388. The Morgan fingerprint density at radius 1 is 1.19 bits per heavy atom. The van der Waals surface area contributed by atoms with Crippen LogP contribution in [0.15, 0.2) is 42.7 Å². The summed E-state index contributed by atoms with van der Waals surface area (Å²) in [6.07, 6.45) is 8.16. The van der Waals surface area contributed by atoms with Gasteiger partial charge in [0.05, 0.1) is 11.7 Å². The van der Waals surface area contributed by atoms with Gasteiger partial charge in [-0.15, -0.1) is 0 Å². The van der Waals surface area contributed by atoms with Gasteiger partial charge in [0.25, 0.3) is 0 Å². The quantitative estimate of drug-likeness (QED) is 0.435. The number of H-pyrrole nitrogens is 1. The number of pyridine rings is 1. The van der Waals surface area contributed by atoms with Crippen molar-refractivity contribution in [2.45, 2.75) is 39.7 Å². The van der Waals surface area contributed by atoms with Crippen LogP contribution in [0.25, 0.3) is 22.3 Å². The molecule has 7 heteroatoms. The Morgan fingerprint density at radius 2 is 1.97 bits per heavy atom. The number of aromatic nitrogens is 5. The van der Waals surface area contributed by atoms with Crippen LogP contribution in [0.4, 0.5) is 5.69 Å². The summed E-state index contributed by atoms with van der Waals surface area (Å²) in [6, 6.07) is 10.9. The highest BCUT2D eigenvalue weighted by Gasteiger charge is 2.32. The number of benzene rings is 1. The van der Waals surface area contributed by atoms with Crippen molar-refractivity contribution in [2.24, 2.45) is 5.41 Å². The first-order valence-corrected chi connectivity index (χ1v) is 11.8. The van der Waals surface area contributed by atoms with Crippen molar-refractivity contribution in [1.82, 2.24) is 25.0 Å². The zero-order valence-electron chi connectivity index (χ0n) is 18.7. The number of nitrogens with zero attached hydrogens (tertiary/aromatic N) is 5. The SMILES string of the molecule is CSN(C)c1ccc(C(C)n2cc3cc(-c4n[nH]c5c4CC(C)(C)C5)cnc3n2)cc1. The molecule has 0 fully saturated rings. The van der Waals surface area contributed by atoms with Crippen LogP contribution in [0.1, 0.15) is 43.6 Å². The zero-order chi connectivity index (χ0) is 21.8. The first kappa shape index (κ1) is 20.1. The molecule has 0 aliphatic heterocycles. The largest absolute Gasteiger partial charge is 0.320 e. The van der Waals surface area contributed by atoms with Crippen LogP contribution < -0.4 is 4.31 Å². The molecular formula is C24H28N6S. The number of aromatic amines is 1. The van der Waals surface area contributed by atoms with Gasteiger partial charge in [0.1, 0.15) is 0 Å². The van der Waals surface area contributed by atoms with Crippen LogP contribution in [0.3, 0.4) is 0 Å². The van der Waals surface area contributed by atoms with E-state index in [9.17, 15) is 0 Å². The van der Waals surface area contributed by atoms with Gasteiger partial charge in [0.15, 0.2) is 5.65 Å². The van der Waals surface area contributed by atoms with Gasteiger partial charge in [-0.2, -0.15) is 10.2 Å². The molecule has 5 rings (SSSR count). The molecule has 1 unspecified atom stereocenters. The first-order valence-electron chi connectivity index (χ1n) is 10.6. The average Bonchev–Trinajstić information content (AvgIpc) is 3.43. The monoisotopic (exact) mass is 432 g/mol. The number of anilines is 1. The second-order valence-corrected chi connectivity index (χ2v) is 10.2. The number of hydrogen-bond donors (Lipinski definition) is 1. The minimum Gasteiger partial charge on any atom is -0.320 e. The van der Waals surface area contributed by atoms with E-state index in [-0.39, 0.29) is 11.5 Å². The molecule has 0 saturated heterocycles. The number of rotatable bonds is 5. The standard InChI is InChI=1S/C24H28N6S/c1-15(16-6-8-19(9-7-16)29(4)31-5)30-14-18-10-17(13-25-23(18)28-30)22-20-11-24(2,3)12-21(20)26-27-22/h6-10,13-15H,11-12H2,1-5H3,(H,26,27). The Labute approximate surface area is 187 Å². The van der Waals surface area contributed by atoms with E-state index < -0.39 is 0 Å². The summed E-state index contributed by atoms with van der Waals surface area (Å²) in [5.41, 5.74) is 8.15. The summed E-state index contributed by atoms with van der Waals surface area (Å²) in [4.78, 5) is 4.65. The van der Waals surface area contributed by atoms with Crippen molar-refractivity contribution < 1.29 is 0 Å². The van der Waals surface area contributed by atoms with E-state index in [4.69, 9.17) is 5.10 Å². The van der Waals surface area contributed by atoms with E-state index in [1.807, 2.05) is 10.9 Å². The highest BCUT2D eigenvalue weighted by molar-refractivity contribution is 7.99. The van der Waals surface area contributed by atoms with Gasteiger partial charge in [-0.1, -0.05) is 37.9 Å². The van der Waals surface area contributed by atoms with Gasteiger partial charge in [-0.3, -0.25) is 9.78 Å². The minimum absolute atomic E-state index is 0.127. The molecule has 0 saturated carbocycles. The fourth-order valence-electron chi connectivity index (χ4n) is 4.48. The average molecular weight is 433 g/mol. The Bertz CT molecular complexity index is 1240. The molecule has 1 aliphatic rings. The fraction of sp³-hybridized carbons (Fsp3) is 0.375. The summed E-state index contributed by atoms with van der Waals surface area (Å²) >= 11 is 1.70. The highest BCUT2D eigenvalue weighted by Crippen LogP contribution is 2.40. The second-order valence-electron chi connectivity index (χ2n) is 9.24. The molecule has 0 bridgehead atoms. The van der Waals surface area contributed by atoms with Gasteiger partial charge in [-0.25, -0.2) is 4.98 Å². The smallest absolute Gasteiger partial charge is 0.181 e.